The maximum Gasteiger partial charge on any atom is 0.343 e. The summed E-state index contributed by atoms with van der Waals surface area (Å²) < 4.78 is 32.8. The monoisotopic (exact) mass is 386 g/mol. The second-order valence-corrected chi connectivity index (χ2v) is 5.70. The molecule has 0 atom stereocenters. The highest BCUT2D eigenvalue weighted by Gasteiger charge is 2.17. The normalized spacial score (nSPS) is 10.5. The molecule has 1 amide bonds. The van der Waals surface area contributed by atoms with Gasteiger partial charge in [-0.2, -0.15) is 5.10 Å². The first kappa shape index (κ1) is 19.0. The fourth-order valence-electron chi connectivity index (χ4n) is 2.47. The number of aromatic nitrogens is 2. The van der Waals surface area contributed by atoms with Crippen molar-refractivity contribution in [3.63, 3.8) is 0 Å². The molecule has 0 aliphatic rings. The summed E-state index contributed by atoms with van der Waals surface area (Å²) in [5.41, 5.74) is 6.70. The van der Waals surface area contributed by atoms with E-state index in [1.165, 1.54) is 23.0 Å². The predicted molar refractivity (Wildman–Crippen MR) is 98.2 cm³/mol. The molecule has 0 spiro atoms. The smallest absolute Gasteiger partial charge is 0.343 e. The molecule has 144 valence electrons. The Balaban J connectivity index is 1.78. The largest absolute Gasteiger partial charge is 0.462 e. The number of ether oxygens (including phenoxy) is 1. The Morgan fingerprint density at radius 1 is 1.18 bits per heavy atom. The minimum Gasteiger partial charge on any atom is -0.462 e. The quantitative estimate of drug-likeness (QED) is 0.656. The van der Waals surface area contributed by atoms with Gasteiger partial charge in [0, 0.05) is 11.6 Å². The van der Waals surface area contributed by atoms with Gasteiger partial charge in [0.05, 0.1) is 24.2 Å². The zero-order chi connectivity index (χ0) is 20.3. The average molecular weight is 386 g/mol. The van der Waals surface area contributed by atoms with Crippen molar-refractivity contribution in [2.24, 2.45) is 0 Å². The van der Waals surface area contributed by atoms with Crippen LogP contribution < -0.4 is 11.1 Å². The van der Waals surface area contributed by atoms with Gasteiger partial charge in [0.1, 0.15) is 23.0 Å². The minimum atomic E-state index is -0.874. The number of hydrogen-bond donors (Lipinski definition) is 2. The zero-order valence-electron chi connectivity index (χ0n) is 14.8. The van der Waals surface area contributed by atoms with Crippen molar-refractivity contribution < 1.29 is 23.1 Å². The first-order valence-corrected chi connectivity index (χ1v) is 8.28. The lowest BCUT2D eigenvalue weighted by Crippen LogP contribution is -2.13. The third kappa shape index (κ3) is 3.83. The van der Waals surface area contributed by atoms with Crippen LogP contribution in [0.4, 0.5) is 20.3 Å². The van der Waals surface area contributed by atoms with E-state index in [9.17, 15) is 18.4 Å². The van der Waals surface area contributed by atoms with Gasteiger partial charge in [-0.3, -0.25) is 4.79 Å². The van der Waals surface area contributed by atoms with Crippen LogP contribution in [0.1, 0.15) is 27.6 Å². The molecular weight excluding hydrogens is 370 g/mol. The number of carbonyl (C=O) groups excluding carboxylic acids is 2. The van der Waals surface area contributed by atoms with Gasteiger partial charge in [0.25, 0.3) is 5.91 Å². The number of halogens is 2. The summed E-state index contributed by atoms with van der Waals surface area (Å²) in [5, 5.41) is 6.43. The summed E-state index contributed by atoms with van der Waals surface area (Å²) >= 11 is 0. The van der Waals surface area contributed by atoms with Crippen molar-refractivity contribution in [3.05, 3.63) is 71.4 Å². The molecule has 2 aromatic carbocycles. The highest BCUT2D eigenvalue weighted by Crippen LogP contribution is 2.20. The van der Waals surface area contributed by atoms with E-state index in [1.807, 2.05) is 0 Å². The number of nitrogens with zero attached hydrogens (tertiary/aromatic N) is 2. The van der Waals surface area contributed by atoms with Gasteiger partial charge in [-0.05, 0) is 43.3 Å². The van der Waals surface area contributed by atoms with E-state index in [0.717, 1.165) is 12.1 Å². The van der Waals surface area contributed by atoms with Crippen LogP contribution in [0.25, 0.3) is 5.69 Å². The molecule has 0 unspecified atom stereocenters. The van der Waals surface area contributed by atoms with Crippen LogP contribution in [0.3, 0.4) is 0 Å². The van der Waals surface area contributed by atoms with Crippen molar-refractivity contribution >= 4 is 23.4 Å². The summed E-state index contributed by atoms with van der Waals surface area (Å²) in [5.74, 6) is -2.66. The second kappa shape index (κ2) is 7.87. The lowest BCUT2D eigenvalue weighted by atomic mass is 10.2. The highest BCUT2D eigenvalue weighted by molar-refractivity contribution is 6.04. The van der Waals surface area contributed by atoms with Gasteiger partial charge in [0.15, 0.2) is 0 Å². The number of anilines is 2. The first-order chi connectivity index (χ1) is 13.4. The van der Waals surface area contributed by atoms with Gasteiger partial charge >= 0.3 is 5.97 Å². The Hall–Kier alpha value is -3.75. The maximum atomic E-state index is 13.7. The Labute approximate surface area is 158 Å². The van der Waals surface area contributed by atoms with Gasteiger partial charge in [-0.1, -0.05) is 0 Å². The summed E-state index contributed by atoms with van der Waals surface area (Å²) in [6.07, 6.45) is 1.30. The Morgan fingerprint density at radius 3 is 2.54 bits per heavy atom. The molecule has 3 rings (SSSR count). The molecular formula is C19H16F2N4O3. The fourth-order valence-corrected chi connectivity index (χ4v) is 2.47. The van der Waals surface area contributed by atoms with Gasteiger partial charge in [-0.25, -0.2) is 18.3 Å². The highest BCUT2D eigenvalue weighted by atomic mass is 19.1. The third-order valence-corrected chi connectivity index (χ3v) is 3.86. The van der Waals surface area contributed by atoms with Crippen LogP contribution in [-0.4, -0.2) is 28.3 Å². The number of esters is 1. The summed E-state index contributed by atoms with van der Waals surface area (Å²) in [4.78, 5) is 24.1. The van der Waals surface area contributed by atoms with Crippen LogP contribution in [0.5, 0.6) is 0 Å². The Morgan fingerprint density at radius 2 is 1.89 bits per heavy atom. The molecule has 0 radical (unpaired) electrons. The topological polar surface area (TPSA) is 99.2 Å². The third-order valence-electron chi connectivity index (χ3n) is 3.86. The molecule has 7 nitrogen and oxygen atoms in total. The van der Waals surface area contributed by atoms with Crippen LogP contribution in [0.2, 0.25) is 0 Å². The predicted octanol–water partition coefficient (Wildman–Crippen LogP) is 3.16. The lowest BCUT2D eigenvalue weighted by Gasteiger charge is -2.08. The molecule has 0 aliphatic carbocycles. The van der Waals surface area contributed by atoms with E-state index in [2.05, 4.69) is 10.4 Å². The number of nitrogen functional groups attached to an aromatic ring is 1. The number of rotatable bonds is 5. The van der Waals surface area contributed by atoms with E-state index in [-0.39, 0.29) is 29.2 Å². The standard InChI is InChI=1S/C19H16F2N4O3/c1-2-28-19(27)14-10-23-25(17(14)22)13-6-3-11(4-7-13)18(26)24-16-8-5-12(20)9-15(16)21/h3-10H,2,22H2,1H3,(H,24,26). The summed E-state index contributed by atoms with van der Waals surface area (Å²) in [6, 6.07) is 8.96. The number of nitrogens with one attached hydrogen (secondary N) is 1. The number of nitrogens with two attached hydrogens (primary N) is 1. The average Bonchev–Trinajstić information content (AvgIpc) is 3.06. The van der Waals surface area contributed by atoms with Crippen LogP contribution in [-0.2, 0) is 4.74 Å². The molecule has 28 heavy (non-hydrogen) atoms. The van der Waals surface area contributed by atoms with Crippen molar-refractivity contribution in [2.75, 3.05) is 17.7 Å². The van der Waals surface area contributed by atoms with Gasteiger partial charge in [0.2, 0.25) is 0 Å². The summed E-state index contributed by atoms with van der Waals surface area (Å²) in [6.45, 7) is 1.89. The fraction of sp³-hybridized carbons (Fsp3) is 0.105. The second-order valence-electron chi connectivity index (χ2n) is 5.70. The number of carbonyl (C=O) groups is 2. The molecule has 9 heteroatoms. The first-order valence-electron chi connectivity index (χ1n) is 8.28. The minimum absolute atomic E-state index is 0.101. The Bertz CT molecular complexity index is 1030. The van der Waals surface area contributed by atoms with Crippen molar-refractivity contribution in [2.45, 2.75) is 6.92 Å². The molecule has 0 bridgehead atoms. The van der Waals surface area contributed by atoms with Crippen LogP contribution >= 0.6 is 0 Å². The SMILES string of the molecule is CCOC(=O)c1cnn(-c2ccc(C(=O)Nc3ccc(F)cc3F)cc2)c1N. The zero-order valence-corrected chi connectivity index (χ0v) is 14.8. The van der Waals surface area contributed by atoms with E-state index in [1.54, 1.807) is 19.1 Å². The molecule has 1 aromatic heterocycles. The van der Waals surface area contributed by atoms with Crippen molar-refractivity contribution in [1.82, 2.24) is 9.78 Å². The number of amides is 1. The molecule has 3 aromatic rings. The van der Waals surface area contributed by atoms with E-state index >= 15 is 0 Å². The Kier molecular flexibility index (Phi) is 5.35. The molecule has 0 aliphatic heterocycles. The van der Waals surface area contributed by atoms with Gasteiger partial charge < -0.3 is 15.8 Å². The summed E-state index contributed by atoms with van der Waals surface area (Å²) in [7, 11) is 0. The molecule has 0 fully saturated rings. The number of hydrogen-bond acceptors (Lipinski definition) is 5. The maximum absolute atomic E-state index is 13.7. The molecule has 3 N–H and O–H groups in total. The van der Waals surface area contributed by atoms with Crippen molar-refractivity contribution in [3.8, 4) is 5.69 Å². The number of benzene rings is 2. The van der Waals surface area contributed by atoms with E-state index in [4.69, 9.17) is 10.5 Å². The molecule has 1 heterocycles. The molecule has 0 saturated heterocycles. The van der Waals surface area contributed by atoms with E-state index < -0.39 is 23.5 Å². The van der Waals surface area contributed by atoms with Crippen LogP contribution in [0.15, 0.2) is 48.7 Å². The lowest BCUT2D eigenvalue weighted by molar-refractivity contribution is 0.0527. The van der Waals surface area contributed by atoms with Crippen LogP contribution in [0, 0.1) is 11.6 Å². The van der Waals surface area contributed by atoms with Crippen molar-refractivity contribution in [1.29, 1.82) is 0 Å². The molecule has 0 saturated carbocycles. The van der Waals surface area contributed by atoms with E-state index in [0.29, 0.717) is 11.8 Å². The van der Waals surface area contributed by atoms with Gasteiger partial charge in [-0.15, -0.1) is 0 Å².